The topological polar surface area (TPSA) is 57.5 Å². The average molecular weight is 249 g/mol. The van der Waals surface area contributed by atoms with E-state index in [1.165, 1.54) is 18.2 Å². The molecular formula is C10H10Cl2O3. The third-order valence-corrected chi connectivity index (χ3v) is 2.57. The van der Waals surface area contributed by atoms with Crippen LogP contribution in [0.2, 0.25) is 5.02 Å². The van der Waals surface area contributed by atoms with E-state index >= 15 is 0 Å². The van der Waals surface area contributed by atoms with Crippen molar-refractivity contribution >= 4 is 29.5 Å². The second-order valence-electron chi connectivity index (χ2n) is 3.06. The first kappa shape index (κ1) is 12.5. The molecule has 1 aromatic rings. The Hall–Kier alpha value is -0.610. The van der Waals surface area contributed by atoms with Crippen LogP contribution in [0.15, 0.2) is 18.2 Å². The summed E-state index contributed by atoms with van der Waals surface area (Å²) in [5.74, 6) is -0.109. The van der Waals surface area contributed by atoms with E-state index in [9.17, 15) is 15.0 Å². The van der Waals surface area contributed by atoms with Crippen molar-refractivity contribution in [3.63, 3.8) is 0 Å². The second kappa shape index (κ2) is 5.47. The van der Waals surface area contributed by atoms with E-state index in [2.05, 4.69) is 0 Å². The van der Waals surface area contributed by atoms with Crippen molar-refractivity contribution < 1.29 is 15.0 Å². The smallest absolute Gasteiger partial charge is 0.150 e. The van der Waals surface area contributed by atoms with Gasteiger partial charge in [-0.25, -0.2) is 0 Å². The maximum Gasteiger partial charge on any atom is 0.150 e. The van der Waals surface area contributed by atoms with E-state index in [0.717, 1.165) is 0 Å². The maximum atomic E-state index is 10.7. The highest BCUT2D eigenvalue weighted by atomic mass is 35.5. The Kier molecular flexibility index (Phi) is 4.54. The molecule has 1 rings (SSSR count). The molecule has 2 atom stereocenters. The monoisotopic (exact) mass is 248 g/mol. The van der Waals surface area contributed by atoms with Crippen molar-refractivity contribution in [1.29, 1.82) is 0 Å². The number of rotatable bonds is 4. The van der Waals surface area contributed by atoms with Crippen LogP contribution in [-0.2, 0) is 0 Å². The van der Waals surface area contributed by atoms with Gasteiger partial charge in [0.05, 0.1) is 12.0 Å². The van der Waals surface area contributed by atoms with Gasteiger partial charge in [0.1, 0.15) is 12.4 Å². The number of benzene rings is 1. The quantitative estimate of drug-likeness (QED) is 0.631. The second-order valence-corrected chi connectivity index (χ2v) is 3.80. The van der Waals surface area contributed by atoms with Crippen molar-refractivity contribution in [2.75, 3.05) is 5.88 Å². The van der Waals surface area contributed by atoms with Crippen LogP contribution >= 0.6 is 23.2 Å². The molecule has 2 N–H and O–H groups in total. The summed E-state index contributed by atoms with van der Waals surface area (Å²) in [6.07, 6.45) is -1.71. The number of alkyl halides is 1. The van der Waals surface area contributed by atoms with Gasteiger partial charge in [0, 0.05) is 10.6 Å². The molecule has 82 valence electrons. The van der Waals surface area contributed by atoms with Gasteiger partial charge < -0.3 is 10.2 Å². The molecule has 0 radical (unpaired) electrons. The zero-order valence-electron chi connectivity index (χ0n) is 7.73. The van der Waals surface area contributed by atoms with Crippen LogP contribution in [0.1, 0.15) is 22.0 Å². The summed E-state index contributed by atoms with van der Waals surface area (Å²) in [5.41, 5.74) is 0.571. The molecule has 0 aliphatic rings. The lowest BCUT2D eigenvalue weighted by Crippen LogP contribution is -2.20. The summed E-state index contributed by atoms with van der Waals surface area (Å²) in [6, 6.07) is 4.45. The van der Waals surface area contributed by atoms with E-state index in [1.807, 2.05) is 0 Å². The van der Waals surface area contributed by atoms with Crippen LogP contribution in [0.5, 0.6) is 0 Å². The highest BCUT2D eigenvalue weighted by Crippen LogP contribution is 2.23. The lowest BCUT2D eigenvalue weighted by molar-refractivity contribution is 0.0323. The van der Waals surface area contributed by atoms with Crippen LogP contribution in [0.25, 0.3) is 0 Å². The number of hydrogen-bond acceptors (Lipinski definition) is 3. The molecule has 0 saturated carbocycles. The minimum Gasteiger partial charge on any atom is -0.389 e. The molecule has 15 heavy (non-hydrogen) atoms. The van der Waals surface area contributed by atoms with Crippen LogP contribution in [-0.4, -0.2) is 28.5 Å². The SMILES string of the molecule is O=Cc1cc(Cl)ccc1C(O)C(O)CCl. The first-order valence-electron chi connectivity index (χ1n) is 4.27. The van der Waals surface area contributed by atoms with Crippen LogP contribution < -0.4 is 0 Å². The van der Waals surface area contributed by atoms with Gasteiger partial charge >= 0.3 is 0 Å². The summed E-state index contributed by atoms with van der Waals surface area (Å²) < 4.78 is 0. The Morgan fingerprint density at radius 1 is 1.40 bits per heavy atom. The lowest BCUT2D eigenvalue weighted by Gasteiger charge is -2.17. The molecule has 2 unspecified atom stereocenters. The van der Waals surface area contributed by atoms with Gasteiger partial charge in [-0.15, -0.1) is 11.6 Å². The third kappa shape index (κ3) is 2.92. The van der Waals surface area contributed by atoms with Crippen molar-refractivity contribution in [2.24, 2.45) is 0 Å². The molecule has 0 saturated heterocycles. The Bertz CT molecular complexity index is 355. The fraction of sp³-hybridized carbons (Fsp3) is 0.300. The zero-order valence-corrected chi connectivity index (χ0v) is 9.24. The fourth-order valence-corrected chi connectivity index (χ4v) is 1.56. The van der Waals surface area contributed by atoms with E-state index in [-0.39, 0.29) is 11.4 Å². The first-order chi connectivity index (χ1) is 7.10. The molecule has 0 aliphatic heterocycles. The van der Waals surface area contributed by atoms with Crippen molar-refractivity contribution in [1.82, 2.24) is 0 Å². The molecule has 0 amide bonds. The lowest BCUT2D eigenvalue weighted by atomic mass is 10.00. The number of halogens is 2. The van der Waals surface area contributed by atoms with Crippen molar-refractivity contribution in [2.45, 2.75) is 12.2 Å². The normalized spacial score (nSPS) is 14.7. The molecule has 0 aromatic heterocycles. The minimum absolute atomic E-state index is 0.109. The molecule has 0 heterocycles. The van der Waals surface area contributed by atoms with Crippen molar-refractivity contribution in [3.05, 3.63) is 34.3 Å². The van der Waals surface area contributed by atoms with E-state index in [1.54, 1.807) is 0 Å². The van der Waals surface area contributed by atoms with Crippen LogP contribution in [0, 0.1) is 0 Å². The molecule has 0 bridgehead atoms. The standard InChI is InChI=1S/C10H10Cl2O3/c11-4-9(14)10(15)8-2-1-7(12)3-6(8)5-13/h1-3,5,9-10,14-15H,4H2. The van der Waals surface area contributed by atoms with Crippen molar-refractivity contribution in [3.8, 4) is 0 Å². The number of aliphatic hydroxyl groups excluding tert-OH is 2. The summed E-state index contributed by atoms with van der Waals surface area (Å²) in [4.78, 5) is 10.7. The van der Waals surface area contributed by atoms with E-state index in [4.69, 9.17) is 23.2 Å². The number of aliphatic hydroxyl groups is 2. The van der Waals surface area contributed by atoms with Gasteiger partial charge in [0.25, 0.3) is 0 Å². The molecule has 0 fully saturated rings. The van der Waals surface area contributed by atoms with E-state index in [0.29, 0.717) is 16.9 Å². The van der Waals surface area contributed by atoms with Crippen LogP contribution in [0.4, 0.5) is 0 Å². The molecule has 0 aliphatic carbocycles. The zero-order chi connectivity index (χ0) is 11.4. The Balaban J connectivity index is 3.07. The largest absolute Gasteiger partial charge is 0.389 e. The predicted octanol–water partition coefficient (Wildman–Crippen LogP) is 1.79. The highest BCUT2D eigenvalue weighted by Gasteiger charge is 2.20. The Morgan fingerprint density at radius 3 is 2.60 bits per heavy atom. The average Bonchev–Trinajstić information content (AvgIpc) is 2.26. The Morgan fingerprint density at radius 2 is 2.07 bits per heavy atom. The predicted molar refractivity (Wildman–Crippen MR) is 58.5 cm³/mol. The number of aldehydes is 1. The Labute approximate surface area is 97.2 Å². The molecule has 1 aromatic carbocycles. The number of hydrogen-bond donors (Lipinski definition) is 2. The molecule has 0 spiro atoms. The number of carbonyl (C=O) groups excluding carboxylic acids is 1. The third-order valence-electron chi connectivity index (χ3n) is 2.02. The highest BCUT2D eigenvalue weighted by molar-refractivity contribution is 6.30. The van der Waals surface area contributed by atoms with Gasteiger partial charge in [-0.05, 0) is 17.7 Å². The summed E-state index contributed by atoms with van der Waals surface area (Å²) in [5, 5.41) is 19.4. The van der Waals surface area contributed by atoms with Crippen LogP contribution in [0.3, 0.4) is 0 Å². The summed E-state index contributed by atoms with van der Waals surface area (Å²) in [6.45, 7) is 0. The first-order valence-corrected chi connectivity index (χ1v) is 5.18. The van der Waals surface area contributed by atoms with E-state index < -0.39 is 12.2 Å². The van der Waals surface area contributed by atoms with Gasteiger partial charge in [-0.2, -0.15) is 0 Å². The number of carbonyl (C=O) groups is 1. The summed E-state index contributed by atoms with van der Waals surface area (Å²) >= 11 is 11.1. The van der Waals surface area contributed by atoms with Gasteiger partial charge in [-0.1, -0.05) is 17.7 Å². The van der Waals surface area contributed by atoms with Gasteiger partial charge in [-0.3, -0.25) is 4.79 Å². The summed E-state index contributed by atoms with van der Waals surface area (Å²) in [7, 11) is 0. The molecule has 3 nitrogen and oxygen atoms in total. The molecule has 5 heteroatoms. The van der Waals surface area contributed by atoms with Gasteiger partial charge in [0.15, 0.2) is 0 Å². The fourth-order valence-electron chi connectivity index (χ4n) is 1.21. The minimum atomic E-state index is -1.18. The molecular weight excluding hydrogens is 239 g/mol. The van der Waals surface area contributed by atoms with Gasteiger partial charge in [0.2, 0.25) is 0 Å². The maximum absolute atomic E-state index is 10.7.